The van der Waals surface area contributed by atoms with Gasteiger partial charge in [0.25, 0.3) is 5.91 Å². The van der Waals surface area contributed by atoms with Crippen molar-refractivity contribution in [2.75, 3.05) is 5.32 Å². The number of amides is 1. The highest BCUT2D eigenvalue weighted by atomic mass is 35.5. The number of rotatable bonds is 3. The highest BCUT2D eigenvalue weighted by Gasteiger charge is 2.35. The summed E-state index contributed by atoms with van der Waals surface area (Å²) < 4.78 is 78.2. The molecule has 2 aromatic carbocycles. The number of phenols is 1. The second-order valence-corrected chi connectivity index (χ2v) is 6.82. The van der Waals surface area contributed by atoms with Crippen LogP contribution in [0.1, 0.15) is 21.6 Å². The zero-order valence-corrected chi connectivity index (χ0v) is 16.2. The minimum Gasteiger partial charge on any atom is -0.507 e. The number of nitrogens with one attached hydrogen (secondary N) is 1. The third kappa shape index (κ3) is 4.76. The molecule has 31 heavy (non-hydrogen) atoms. The maximum absolute atomic E-state index is 12.9. The second kappa shape index (κ2) is 7.80. The van der Waals surface area contributed by atoms with Crippen molar-refractivity contribution in [3.63, 3.8) is 0 Å². The Morgan fingerprint density at radius 1 is 1.03 bits per heavy atom. The number of nitrogens with zero attached hydrogens (tertiary/aromatic N) is 2. The lowest BCUT2D eigenvalue weighted by atomic mass is 10.1. The van der Waals surface area contributed by atoms with Gasteiger partial charge in [-0.1, -0.05) is 11.6 Å². The maximum atomic E-state index is 12.9. The molecule has 12 heteroatoms. The number of anilines is 1. The zero-order valence-electron chi connectivity index (χ0n) is 15.4. The Labute approximate surface area is 175 Å². The number of hydrogen-bond donors (Lipinski definition) is 2. The van der Waals surface area contributed by atoms with Crippen molar-refractivity contribution in [1.82, 2.24) is 9.78 Å². The second-order valence-electron chi connectivity index (χ2n) is 6.41. The lowest BCUT2D eigenvalue weighted by Crippen LogP contribution is -2.13. The molecule has 0 atom stereocenters. The summed E-state index contributed by atoms with van der Waals surface area (Å²) in [5.74, 6) is -1.39. The number of aromatic nitrogens is 2. The van der Waals surface area contributed by atoms with Gasteiger partial charge in [0.1, 0.15) is 11.4 Å². The number of aromatic hydroxyl groups is 1. The molecule has 2 N–H and O–H groups in total. The molecule has 5 nitrogen and oxygen atoms in total. The van der Waals surface area contributed by atoms with E-state index in [9.17, 15) is 36.2 Å². The van der Waals surface area contributed by atoms with Crippen molar-refractivity contribution < 1.29 is 36.2 Å². The smallest absolute Gasteiger partial charge is 0.433 e. The molecule has 164 valence electrons. The topological polar surface area (TPSA) is 67.2 Å². The van der Waals surface area contributed by atoms with Crippen LogP contribution in [0.4, 0.5) is 32.0 Å². The van der Waals surface area contributed by atoms with Gasteiger partial charge in [-0.05, 0) is 42.5 Å². The van der Waals surface area contributed by atoms with Crippen LogP contribution in [0.2, 0.25) is 5.02 Å². The molecular formula is C19H12ClF6N3O2. The predicted octanol–water partition coefficient (Wildman–Crippen LogP) is 5.74. The summed E-state index contributed by atoms with van der Waals surface area (Å²) in [5.41, 5.74) is -2.74. The third-order valence-corrected chi connectivity index (χ3v) is 4.57. The minimum absolute atomic E-state index is 0.0616. The van der Waals surface area contributed by atoms with Gasteiger partial charge < -0.3 is 10.4 Å². The number of aryl methyl sites for hydroxylation is 1. The van der Waals surface area contributed by atoms with Crippen LogP contribution >= 0.6 is 11.6 Å². The van der Waals surface area contributed by atoms with Crippen LogP contribution in [0.3, 0.4) is 0 Å². The Morgan fingerprint density at radius 2 is 1.71 bits per heavy atom. The highest BCUT2D eigenvalue weighted by Crippen LogP contribution is 2.37. The predicted molar refractivity (Wildman–Crippen MR) is 99.7 cm³/mol. The van der Waals surface area contributed by atoms with Crippen molar-refractivity contribution in [3.8, 4) is 17.0 Å². The van der Waals surface area contributed by atoms with Crippen LogP contribution in [0.5, 0.6) is 5.75 Å². The maximum Gasteiger partial charge on any atom is 0.433 e. The quantitative estimate of drug-likeness (QED) is 0.487. The first-order valence-electron chi connectivity index (χ1n) is 8.40. The van der Waals surface area contributed by atoms with Crippen LogP contribution < -0.4 is 5.32 Å². The number of hydrogen-bond acceptors (Lipinski definition) is 3. The molecule has 3 aromatic rings. The standard InChI is InChI=1S/C19H12ClF6N3O2/c1-29-16(19(24,25)26)8-14(28-29)11-4-2-9(6-15(11)30)17(31)27-10-3-5-13(20)12(7-10)18(21,22)23/h2-8,30H,1H3,(H,27,31). The normalized spacial score (nSPS) is 12.1. The van der Waals surface area contributed by atoms with Crippen LogP contribution in [0.15, 0.2) is 42.5 Å². The number of carbonyl (C=O) groups excluding carboxylic acids is 1. The van der Waals surface area contributed by atoms with E-state index in [4.69, 9.17) is 11.6 Å². The summed E-state index contributed by atoms with van der Waals surface area (Å²) in [6.07, 6.45) is -9.38. The lowest BCUT2D eigenvalue weighted by Gasteiger charge is -2.12. The summed E-state index contributed by atoms with van der Waals surface area (Å²) >= 11 is 5.53. The van der Waals surface area contributed by atoms with Crippen molar-refractivity contribution in [2.24, 2.45) is 7.05 Å². The van der Waals surface area contributed by atoms with E-state index in [0.29, 0.717) is 10.7 Å². The van der Waals surface area contributed by atoms with Gasteiger partial charge >= 0.3 is 12.4 Å². The first-order valence-corrected chi connectivity index (χ1v) is 8.78. The summed E-state index contributed by atoms with van der Waals surface area (Å²) in [6.45, 7) is 0. The first kappa shape index (κ1) is 22.5. The average molecular weight is 464 g/mol. The Bertz CT molecular complexity index is 1150. The van der Waals surface area contributed by atoms with Gasteiger partial charge in [-0.2, -0.15) is 31.4 Å². The van der Waals surface area contributed by atoms with Crippen molar-refractivity contribution in [1.29, 1.82) is 0 Å². The van der Waals surface area contributed by atoms with E-state index >= 15 is 0 Å². The molecular weight excluding hydrogens is 452 g/mol. The van der Waals surface area contributed by atoms with Gasteiger partial charge in [0.2, 0.25) is 0 Å². The molecule has 0 radical (unpaired) electrons. The van der Waals surface area contributed by atoms with Gasteiger partial charge in [0, 0.05) is 23.9 Å². The molecule has 0 saturated heterocycles. The SMILES string of the molecule is Cn1nc(-c2ccc(C(=O)Nc3ccc(Cl)c(C(F)(F)F)c3)cc2O)cc1C(F)(F)F. The Hall–Kier alpha value is -3.21. The molecule has 0 fully saturated rings. The van der Waals surface area contributed by atoms with Crippen LogP contribution in [-0.4, -0.2) is 20.8 Å². The molecule has 0 spiro atoms. The molecule has 0 aliphatic heterocycles. The molecule has 0 unspecified atom stereocenters. The van der Waals surface area contributed by atoms with E-state index in [1.807, 2.05) is 0 Å². The van der Waals surface area contributed by atoms with E-state index < -0.39 is 40.3 Å². The number of alkyl halides is 6. The molecule has 3 rings (SSSR count). The fourth-order valence-electron chi connectivity index (χ4n) is 2.78. The lowest BCUT2D eigenvalue weighted by molar-refractivity contribution is -0.143. The van der Waals surface area contributed by atoms with Crippen molar-refractivity contribution in [2.45, 2.75) is 12.4 Å². The van der Waals surface area contributed by atoms with E-state index in [-0.39, 0.29) is 22.5 Å². The molecule has 0 saturated carbocycles. The van der Waals surface area contributed by atoms with Crippen LogP contribution in [0.25, 0.3) is 11.3 Å². The van der Waals surface area contributed by atoms with Gasteiger partial charge in [-0.15, -0.1) is 0 Å². The largest absolute Gasteiger partial charge is 0.507 e. The highest BCUT2D eigenvalue weighted by molar-refractivity contribution is 6.31. The first-order chi connectivity index (χ1) is 14.3. The summed E-state index contributed by atoms with van der Waals surface area (Å²) in [6, 6.07) is 6.86. The fourth-order valence-corrected chi connectivity index (χ4v) is 3.00. The number of benzene rings is 2. The molecule has 1 aromatic heterocycles. The Balaban J connectivity index is 1.86. The molecule has 0 bridgehead atoms. The van der Waals surface area contributed by atoms with Crippen molar-refractivity contribution in [3.05, 3.63) is 64.3 Å². The van der Waals surface area contributed by atoms with Gasteiger partial charge in [0.15, 0.2) is 0 Å². The third-order valence-electron chi connectivity index (χ3n) is 4.24. The van der Waals surface area contributed by atoms with Gasteiger partial charge in [-0.25, -0.2) is 0 Å². The van der Waals surface area contributed by atoms with Crippen molar-refractivity contribution >= 4 is 23.2 Å². The zero-order chi connectivity index (χ0) is 23.1. The van der Waals surface area contributed by atoms with E-state index in [1.165, 1.54) is 12.1 Å². The number of halogens is 7. The Morgan fingerprint density at radius 3 is 2.26 bits per heavy atom. The molecule has 1 amide bonds. The van der Waals surface area contributed by atoms with Gasteiger partial charge in [-0.3, -0.25) is 9.48 Å². The molecule has 0 aliphatic carbocycles. The average Bonchev–Trinajstić information content (AvgIpc) is 3.04. The summed E-state index contributed by atoms with van der Waals surface area (Å²) in [7, 11) is 1.09. The van der Waals surface area contributed by atoms with Gasteiger partial charge in [0.05, 0.1) is 16.3 Å². The van der Waals surface area contributed by atoms with E-state index in [2.05, 4.69) is 10.4 Å². The molecule has 0 aliphatic rings. The summed E-state index contributed by atoms with van der Waals surface area (Å²) in [4.78, 5) is 12.3. The molecule has 1 heterocycles. The summed E-state index contributed by atoms with van der Waals surface area (Å²) in [5, 5.41) is 15.6. The van der Waals surface area contributed by atoms with Crippen LogP contribution in [-0.2, 0) is 19.4 Å². The minimum atomic E-state index is -4.73. The monoisotopic (exact) mass is 463 g/mol. The number of phenolic OH excluding ortho intramolecular Hbond substituents is 1. The van der Waals surface area contributed by atoms with Crippen LogP contribution in [0, 0.1) is 0 Å². The van der Waals surface area contributed by atoms with E-state index in [1.54, 1.807) is 0 Å². The van der Waals surface area contributed by atoms with E-state index in [0.717, 1.165) is 31.3 Å². The Kier molecular flexibility index (Phi) is 5.66. The fraction of sp³-hybridized carbons (Fsp3) is 0.158. The number of carbonyl (C=O) groups is 1.